The van der Waals surface area contributed by atoms with E-state index in [2.05, 4.69) is 6.58 Å². The second kappa shape index (κ2) is 5.11. The lowest BCUT2D eigenvalue weighted by Crippen LogP contribution is -2.20. The van der Waals surface area contributed by atoms with Crippen LogP contribution in [-0.4, -0.2) is 18.7 Å². The summed E-state index contributed by atoms with van der Waals surface area (Å²) in [5.74, 6) is -0.959. The number of ketones is 2. The van der Waals surface area contributed by atoms with Crippen molar-refractivity contribution in [3.05, 3.63) is 47.9 Å². The first kappa shape index (κ1) is 12.0. The maximum absolute atomic E-state index is 11.8. The van der Waals surface area contributed by atoms with Gasteiger partial charge in [-0.2, -0.15) is 0 Å². The van der Waals surface area contributed by atoms with E-state index in [-0.39, 0.29) is 29.2 Å². The third kappa shape index (κ3) is 2.48. The lowest BCUT2D eigenvalue weighted by atomic mass is 10.1. The molecule has 2 N–H and O–H groups in total. The number of carbonyl (C=O) groups excluding carboxylic acids is 2. The number of rotatable bonds is 1. The summed E-state index contributed by atoms with van der Waals surface area (Å²) >= 11 is 0. The minimum atomic E-state index is -0.472. The van der Waals surface area contributed by atoms with Crippen molar-refractivity contribution in [3.8, 4) is 0 Å². The minimum Gasteiger partial charge on any atom is -0.491 e. The van der Waals surface area contributed by atoms with E-state index < -0.39 is 5.78 Å². The van der Waals surface area contributed by atoms with Crippen LogP contribution in [0.25, 0.3) is 0 Å². The van der Waals surface area contributed by atoms with Crippen molar-refractivity contribution in [1.82, 2.24) is 0 Å². The minimum absolute atomic E-state index is 0.142. The second-order valence-corrected chi connectivity index (χ2v) is 3.22. The molecule has 84 valence electrons. The third-order valence-corrected chi connectivity index (χ3v) is 2.09. The Hall–Kier alpha value is -2.10. The second-order valence-electron chi connectivity index (χ2n) is 3.22. The van der Waals surface area contributed by atoms with Gasteiger partial charge in [0.05, 0.1) is 7.11 Å². The van der Waals surface area contributed by atoms with Gasteiger partial charge in [0.1, 0.15) is 5.70 Å². The Morgan fingerprint density at radius 1 is 1.38 bits per heavy atom. The van der Waals surface area contributed by atoms with E-state index in [1.165, 1.54) is 7.11 Å². The van der Waals surface area contributed by atoms with Crippen molar-refractivity contribution >= 4 is 11.6 Å². The van der Waals surface area contributed by atoms with E-state index in [9.17, 15) is 9.59 Å². The number of allylic oxidation sites excluding steroid dienone is 6. The maximum atomic E-state index is 11.8. The number of ether oxygens (including phenoxy) is 1. The lowest BCUT2D eigenvalue weighted by Gasteiger charge is -2.09. The van der Waals surface area contributed by atoms with Crippen LogP contribution in [0.1, 0.15) is 6.42 Å². The number of nitrogens with two attached hydrogens (primary N) is 1. The van der Waals surface area contributed by atoms with Crippen LogP contribution in [0.5, 0.6) is 0 Å². The molecule has 0 atom stereocenters. The Morgan fingerprint density at radius 2 is 2.06 bits per heavy atom. The first-order valence-corrected chi connectivity index (χ1v) is 4.71. The molecule has 4 heteroatoms. The van der Waals surface area contributed by atoms with E-state index in [1.807, 2.05) is 0 Å². The number of Topliss-reactive ketones (excluding diaryl/α,β-unsaturated/α-hetero) is 2. The molecule has 0 aromatic rings. The van der Waals surface area contributed by atoms with Gasteiger partial charge in [-0.25, -0.2) is 0 Å². The van der Waals surface area contributed by atoms with Crippen molar-refractivity contribution in [2.75, 3.05) is 7.11 Å². The summed E-state index contributed by atoms with van der Waals surface area (Å²) in [5.41, 5.74) is 5.62. The molecule has 4 nitrogen and oxygen atoms in total. The maximum Gasteiger partial charge on any atom is 0.229 e. The van der Waals surface area contributed by atoms with Gasteiger partial charge in [0.15, 0.2) is 11.5 Å². The van der Waals surface area contributed by atoms with E-state index >= 15 is 0 Å². The SMILES string of the molecule is C=C1/C=C\C=C/CC(=O)/C(N)=C(/OC)C1=O. The van der Waals surface area contributed by atoms with Crippen molar-refractivity contribution in [1.29, 1.82) is 0 Å². The van der Waals surface area contributed by atoms with Gasteiger partial charge < -0.3 is 10.5 Å². The van der Waals surface area contributed by atoms with E-state index in [1.54, 1.807) is 24.3 Å². The van der Waals surface area contributed by atoms with Gasteiger partial charge in [0.25, 0.3) is 0 Å². The highest BCUT2D eigenvalue weighted by molar-refractivity contribution is 6.13. The Morgan fingerprint density at radius 3 is 2.69 bits per heavy atom. The van der Waals surface area contributed by atoms with Crippen molar-refractivity contribution in [2.24, 2.45) is 5.73 Å². The van der Waals surface area contributed by atoms with Crippen LogP contribution in [0, 0.1) is 0 Å². The van der Waals surface area contributed by atoms with Gasteiger partial charge in [0.2, 0.25) is 5.78 Å². The highest BCUT2D eigenvalue weighted by atomic mass is 16.5. The molecule has 0 spiro atoms. The molecule has 0 saturated heterocycles. The molecule has 0 aromatic heterocycles. The zero-order valence-corrected chi connectivity index (χ0v) is 9.03. The zero-order chi connectivity index (χ0) is 12.1. The highest BCUT2D eigenvalue weighted by Crippen LogP contribution is 2.12. The van der Waals surface area contributed by atoms with Crippen LogP contribution in [-0.2, 0) is 14.3 Å². The zero-order valence-electron chi connectivity index (χ0n) is 9.03. The first-order valence-electron chi connectivity index (χ1n) is 4.71. The lowest BCUT2D eigenvalue weighted by molar-refractivity contribution is -0.118. The molecule has 1 aliphatic rings. The van der Waals surface area contributed by atoms with E-state index in [4.69, 9.17) is 10.5 Å². The number of carbonyl (C=O) groups is 2. The fourth-order valence-electron chi connectivity index (χ4n) is 1.21. The molecule has 0 bridgehead atoms. The van der Waals surface area contributed by atoms with Gasteiger partial charge in [-0.15, -0.1) is 0 Å². The molecule has 0 aliphatic heterocycles. The normalized spacial score (nSPS) is 26.4. The van der Waals surface area contributed by atoms with Gasteiger partial charge in [0, 0.05) is 12.0 Å². The molecular formula is C12H13NO3. The Labute approximate surface area is 93.8 Å². The smallest absolute Gasteiger partial charge is 0.229 e. The van der Waals surface area contributed by atoms with Gasteiger partial charge >= 0.3 is 0 Å². The van der Waals surface area contributed by atoms with Crippen LogP contribution < -0.4 is 5.73 Å². The Bertz CT molecular complexity index is 428. The molecule has 16 heavy (non-hydrogen) atoms. The largest absolute Gasteiger partial charge is 0.491 e. The average Bonchev–Trinajstić information content (AvgIpc) is 2.27. The Balaban J connectivity index is 3.25. The molecule has 0 saturated carbocycles. The molecule has 0 amide bonds. The summed E-state index contributed by atoms with van der Waals surface area (Å²) in [6.45, 7) is 3.58. The van der Waals surface area contributed by atoms with Gasteiger partial charge in [-0.1, -0.05) is 30.9 Å². The van der Waals surface area contributed by atoms with Crippen LogP contribution in [0.15, 0.2) is 47.9 Å². The van der Waals surface area contributed by atoms with Gasteiger partial charge in [-0.3, -0.25) is 9.59 Å². The van der Waals surface area contributed by atoms with Crippen LogP contribution in [0.4, 0.5) is 0 Å². The summed E-state index contributed by atoms with van der Waals surface area (Å²) in [4.78, 5) is 23.3. The first-order chi connectivity index (χ1) is 7.57. The third-order valence-electron chi connectivity index (χ3n) is 2.09. The predicted molar refractivity (Wildman–Crippen MR) is 60.3 cm³/mol. The molecule has 1 rings (SSSR count). The highest BCUT2D eigenvalue weighted by Gasteiger charge is 2.20. The number of methoxy groups -OCH3 is 1. The molecule has 0 heterocycles. The van der Waals surface area contributed by atoms with Crippen molar-refractivity contribution in [2.45, 2.75) is 6.42 Å². The van der Waals surface area contributed by atoms with E-state index in [0.717, 1.165) is 0 Å². The van der Waals surface area contributed by atoms with Crippen LogP contribution in [0.2, 0.25) is 0 Å². The fraction of sp³-hybridized carbons (Fsp3) is 0.167. The average molecular weight is 219 g/mol. The van der Waals surface area contributed by atoms with Crippen LogP contribution >= 0.6 is 0 Å². The molecule has 0 unspecified atom stereocenters. The summed E-state index contributed by atoms with van der Waals surface area (Å²) in [6, 6.07) is 0. The molecule has 1 aliphatic carbocycles. The fourth-order valence-corrected chi connectivity index (χ4v) is 1.21. The van der Waals surface area contributed by atoms with Crippen LogP contribution in [0.3, 0.4) is 0 Å². The molecule has 0 fully saturated rings. The quantitative estimate of drug-likeness (QED) is 0.668. The molecular weight excluding hydrogens is 206 g/mol. The predicted octanol–water partition coefficient (Wildman–Crippen LogP) is 1.01. The standard InChI is InChI=1S/C12H13NO3/c1-8-6-4-3-5-7-9(14)10(13)12(16-2)11(8)15/h3-6H,1,7,13H2,2H3/b5-3-,6-4-,12-10-. The van der Waals surface area contributed by atoms with Crippen molar-refractivity contribution in [3.63, 3.8) is 0 Å². The summed E-state index contributed by atoms with van der Waals surface area (Å²) in [6.07, 6.45) is 6.65. The van der Waals surface area contributed by atoms with Gasteiger partial charge in [-0.05, 0) is 0 Å². The summed E-state index contributed by atoms with van der Waals surface area (Å²) in [7, 11) is 1.30. The number of hydrogen-bond acceptors (Lipinski definition) is 4. The monoisotopic (exact) mass is 219 g/mol. The van der Waals surface area contributed by atoms with Crippen molar-refractivity contribution < 1.29 is 14.3 Å². The topological polar surface area (TPSA) is 69.4 Å². The molecule has 0 aromatic carbocycles. The Kier molecular flexibility index (Phi) is 3.83. The summed E-state index contributed by atoms with van der Waals surface area (Å²) in [5, 5.41) is 0. The number of hydrogen-bond donors (Lipinski definition) is 1. The summed E-state index contributed by atoms with van der Waals surface area (Å²) < 4.78 is 4.85. The molecule has 0 radical (unpaired) electrons. The van der Waals surface area contributed by atoms with E-state index in [0.29, 0.717) is 0 Å².